The Morgan fingerprint density at radius 2 is 1.89 bits per heavy atom. The van der Waals surface area contributed by atoms with Gasteiger partial charge in [0, 0.05) is 37.6 Å². The molecule has 2 fully saturated rings. The second-order valence-electron chi connectivity index (χ2n) is 4.97. The minimum atomic E-state index is 0.193. The molecule has 0 atom stereocenters. The van der Waals surface area contributed by atoms with Crippen LogP contribution in [0.3, 0.4) is 0 Å². The second kappa shape index (κ2) is 7.46. The lowest BCUT2D eigenvalue weighted by atomic mass is 9.97. The Morgan fingerprint density at radius 3 is 2.50 bits per heavy atom. The first kappa shape index (κ1) is 14.3. The van der Waals surface area contributed by atoms with Crippen molar-refractivity contribution in [1.29, 1.82) is 0 Å². The van der Waals surface area contributed by atoms with Gasteiger partial charge >= 0.3 is 0 Å². The van der Waals surface area contributed by atoms with E-state index in [-0.39, 0.29) is 5.92 Å². The predicted molar refractivity (Wildman–Crippen MR) is 72.9 cm³/mol. The van der Waals surface area contributed by atoms with Crippen LogP contribution in [0.4, 0.5) is 0 Å². The van der Waals surface area contributed by atoms with Crippen molar-refractivity contribution in [3.8, 4) is 0 Å². The van der Waals surface area contributed by atoms with Crippen molar-refractivity contribution in [2.75, 3.05) is 38.2 Å². The molecule has 2 saturated heterocycles. The number of amides is 1. The fourth-order valence-electron chi connectivity index (χ4n) is 2.66. The number of hydrogen-bond acceptors (Lipinski definition) is 3. The third-order valence-electron chi connectivity index (χ3n) is 3.75. The average Bonchev–Trinajstić information content (AvgIpc) is 2.46. The zero-order valence-corrected chi connectivity index (χ0v) is 12.4. The van der Waals surface area contributed by atoms with Crippen molar-refractivity contribution >= 4 is 21.8 Å². The number of ether oxygens (including phenoxy) is 2. The number of alkyl halides is 1. The first-order valence-electron chi connectivity index (χ1n) is 6.85. The molecule has 0 radical (unpaired) electrons. The minimum Gasteiger partial charge on any atom is -0.381 e. The van der Waals surface area contributed by atoms with Crippen LogP contribution in [-0.4, -0.2) is 55.2 Å². The number of piperidine rings is 1. The molecule has 2 rings (SSSR count). The monoisotopic (exact) mass is 319 g/mol. The Kier molecular flexibility index (Phi) is 5.92. The van der Waals surface area contributed by atoms with Gasteiger partial charge in [-0.15, -0.1) is 0 Å². The molecule has 2 aliphatic rings. The average molecular weight is 320 g/mol. The molecular weight excluding hydrogens is 298 g/mol. The van der Waals surface area contributed by atoms with E-state index in [2.05, 4.69) is 15.9 Å². The Morgan fingerprint density at radius 1 is 1.22 bits per heavy atom. The summed E-state index contributed by atoms with van der Waals surface area (Å²) in [4.78, 5) is 14.3. The Hall–Kier alpha value is -0.130. The maximum Gasteiger partial charge on any atom is 0.225 e. The smallest absolute Gasteiger partial charge is 0.225 e. The van der Waals surface area contributed by atoms with Gasteiger partial charge in [0.05, 0.1) is 12.7 Å². The van der Waals surface area contributed by atoms with Crippen LogP contribution in [0.25, 0.3) is 0 Å². The lowest BCUT2D eigenvalue weighted by molar-refractivity contribution is -0.141. The van der Waals surface area contributed by atoms with Gasteiger partial charge in [0.25, 0.3) is 0 Å². The maximum atomic E-state index is 12.3. The highest BCUT2D eigenvalue weighted by atomic mass is 79.9. The van der Waals surface area contributed by atoms with Crippen LogP contribution in [0.2, 0.25) is 0 Å². The Labute approximate surface area is 117 Å². The normalized spacial score (nSPS) is 23.3. The first-order valence-corrected chi connectivity index (χ1v) is 7.97. The highest BCUT2D eigenvalue weighted by Crippen LogP contribution is 2.21. The van der Waals surface area contributed by atoms with Gasteiger partial charge in [0.2, 0.25) is 5.91 Å². The molecule has 104 valence electrons. The van der Waals surface area contributed by atoms with Crippen LogP contribution in [-0.2, 0) is 14.3 Å². The van der Waals surface area contributed by atoms with E-state index in [4.69, 9.17) is 9.47 Å². The van der Waals surface area contributed by atoms with E-state index in [1.165, 1.54) is 0 Å². The molecule has 0 saturated carbocycles. The summed E-state index contributed by atoms with van der Waals surface area (Å²) in [5.74, 6) is 0.524. The van der Waals surface area contributed by atoms with Crippen LogP contribution in [0.1, 0.15) is 25.7 Å². The quantitative estimate of drug-likeness (QED) is 0.742. The lowest BCUT2D eigenvalue weighted by Crippen LogP contribution is -2.44. The summed E-state index contributed by atoms with van der Waals surface area (Å²) >= 11 is 3.36. The van der Waals surface area contributed by atoms with Crippen LogP contribution < -0.4 is 0 Å². The van der Waals surface area contributed by atoms with Gasteiger partial charge in [-0.25, -0.2) is 0 Å². The number of halogens is 1. The van der Waals surface area contributed by atoms with Gasteiger partial charge in [-0.05, 0) is 25.7 Å². The van der Waals surface area contributed by atoms with E-state index in [9.17, 15) is 4.79 Å². The van der Waals surface area contributed by atoms with E-state index >= 15 is 0 Å². The molecule has 0 unspecified atom stereocenters. The van der Waals surface area contributed by atoms with E-state index in [0.717, 1.165) is 63.9 Å². The van der Waals surface area contributed by atoms with E-state index in [0.29, 0.717) is 12.0 Å². The molecule has 0 spiro atoms. The highest BCUT2D eigenvalue weighted by Gasteiger charge is 2.29. The summed E-state index contributed by atoms with van der Waals surface area (Å²) in [6, 6.07) is 0. The largest absolute Gasteiger partial charge is 0.381 e. The van der Waals surface area contributed by atoms with Crippen LogP contribution in [0, 0.1) is 5.92 Å². The van der Waals surface area contributed by atoms with Crippen molar-refractivity contribution in [3.63, 3.8) is 0 Å². The zero-order valence-electron chi connectivity index (χ0n) is 10.8. The van der Waals surface area contributed by atoms with Crippen molar-refractivity contribution < 1.29 is 14.3 Å². The summed E-state index contributed by atoms with van der Waals surface area (Å²) in [7, 11) is 0. The third kappa shape index (κ3) is 3.93. The maximum absolute atomic E-state index is 12.3. The number of nitrogens with zero attached hydrogens (tertiary/aromatic N) is 1. The van der Waals surface area contributed by atoms with Crippen LogP contribution in [0.5, 0.6) is 0 Å². The summed E-state index contributed by atoms with van der Waals surface area (Å²) < 4.78 is 11.0. The fourth-order valence-corrected chi connectivity index (χ4v) is 2.84. The van der Waals surface area contributed by atoms with Crippen molar-refractivity contribution in [2.45, 2.75) is 31.8 Å². The summed E-state index contributed by atoms with van der Waals surface area (Å²) in [6.45, 7) is 3.94. The van der Waals surface area contributed by atoms with E-state index in [1.807, 2.05) is 4.90 Å². The number of hydrogen-bond donors (Lipinski definition) is 0. The van der Waals surface area contributed by atoms with Crippen LogP contribution >= 0.6 is 15.9 Å². The van der Waals surface area contributed by atoms with Gasteiger partial charge in [-0.2, -0.15) is 0 Å². The van der Waals surface area contributed by atoms with Crippen molar-refractivity contribution in [3.05, 3.63) is 0 Å². The molecule has 2 heterocycles. The molecular formula is C13H22BrNO3. The fraction of sp³-hybridized carbons (Fsp3) is 0.923. The molecule has 4 nitrogen and oxygen atoms in total. The molecule has 2 aliphatic heterocycles. The molecule has 0 aliphatic carbocycles. The van der Waals surface area contributed by atoms with E-state index < -0.39 is 0 Å². The number of carbonyl (C=O) groups excluding carboxylic acids is 1. The summed E-state index contributed by atoms with van der Waals surface area (Å²) in [6.07, 6.45) is 4.06. The van der Waals surface area contributed by atoms with Gasteiger partial charge in [-0.3, -0.25) is 4.79 Å². The van der Waals surface area contributed by atoms with E-state index in [1.54, 1.807) is 0 Å². The number of likely N-dealkylation sites (tertiary alicyclic amines) is 1. The second-order valence-corrected chi connectivity index (χ2v) is 5.76. The van der Waals surface area contributed by atoms with Gasteiger partial charge in [0.15, 0.2) is 0 Å². The molecule has 0 aromatic rings. The summed E-state index contributed by atoms with van der Waals surface area (Å²) in [5, 5.41) is 0.883. The van der Waals surface area contributed by atoms with Gasteiger partial charge in [-0.1, -0.05) is 15.9 Å². The number of carbonyl (C=O) groups is 1. The van der Waals surface area contributed by atoms with Gasteiger partial charge < -0.3 is 14.4 Å². The zero-order chi connectivity index (χ0) is 12.8. The molecule has 1 amide bonds. The topological polar surface area (TPSA) is 38.8 Å². The third-order valence-corrected chi connectivity index (χ3v) is 4.08. The lowest BCUT2D eigenvalue weighted by Gasteiger charge is -2.35. The molecule has 0 bridgehead atoms. The minimum absolute atomic E-state index is 0.193. The molecule has 18 heavy (non-hydrogen) atoms. The number of rotatable bonds is 4. The SMILES string of the molecule is O=C(C1CCOCC1)N1CCC(OCCBr)CC1. The first-order chi connectivity index (χ1) is 8.81. The van der Waals surface area contributed by atoms with Crippen LogP contribution in [0.15, 0.2) is 0 Å². The predicted octanol–water partition coefficient (Wildman–Crippen LogP) is 1.82. The standard InChI is InChI=1S/C13H22BrNO3/c14-5-10-18-12-1-6-15(7-2-12)13(16)11-3-8-17-9-4-11/h11-12H,1-10H2. The Bertz CT molecular complexity index is 261. The summed E-state index contributed by atoms with van der Waals surface area (Å²) in [5.41, 5.74) is 0. The molecule has 0 N–H and O–H groups in total. The molecule has 5 heteroatoms. The molecule has 0 aromatic carbocycles. The highest BCUT2D eigenvalue weighted by molar-refractivity contribution is 9.09. The molecule has 0 aromatic heterocycles. The van der Waals surface area contributed by atoms with Gasteiger partial charge in [0.1, 0.15) is 0 Å². The Balaban J connectivity index is 1.73. The van der Waals surface area contributed by atoms with Crippen molar-refractivity contribution in [1.82, 2.24) is 4.90 Å². The van der Waals surface area contributed by atoms with Crippen molar-refractivity contribution in [2.24, 2.45) is 5.92 Å².